The van der Waals surface area contributed by atoms with Crippen molar-refractivity contribution in [1.82, 2.24) is 14.7 Å². The molecule has 0 aromatic carbocycles. The van der Waals surface area contributed by atoms with Gasteiger partial charge >= 0.3 is 12.0 Å². The Bertz CT molecular complexity index is 388. The van der Waals surface area contributed by atoms with E-state index in [1.807, 2.05) is 14.7 Å². The number of carboxylic acid groups (broad SMARTS) is 1. The molecule has 2 heterocycles. The summed E-state index contributed by atoms with van der Waals surface area (Å²) in [6, 6.07) is 0.133. The van der Waals surface area contributed by atoms with Crippen LogP contribution in [0, 0.1) is 5.41 Å². The summed E-state index contributed by atoms with van der Waals surface area (Å²) in [6.07, 6.45) is 3.35. The number of hydrogen-bond acceptors (Lipinski definition) is 3. The number of hydrogen-bond donors (Lipinski definition) is 1. The van der Waals surface area contributed by atoms with Gasteiger partial charge in [0.05, 0.1) is 6.54 Å². The summed E-state index contributed by atoms with van der Waals surface area (Å²) in [5.74, 6) is -0.801. The number of carboxylic acids is 1. The molecule has 2 aliphatic heterocycles. The average molecular weight is 297 g/mol. The lowest BCUT2D eigenvalue weighted by atomic mass is 9.82. The fraction of sp³-hybridized carbons (Fsp3) is 0.867. The van der Waals surface area contributed by atoms with Gasteiger partial charge in [0.1, 0.15) is 0 Å². The van der Waals surface area contributed by atoms with Gasteiger partial charge in [0, 0.05) is 39.3 Å². The van der Waals surface area contributed by atoms with E-state index in [9.17, 15) is 9.59 Å². The number of carbonyl (C=O) groups is 2. The lowest BCUT2D eigenvalue weighted by Crippen LogP contribution is -2.53. The van der Waals surface area contributed by atoms with Crippen LogP contribution in [0.15, 0.2) is 0 Å². The van der Waals surface area contributed by atoms with Gasteiger partial charge in [0.2, 0.25) is 0 Å². The van der Waals surface area contributed by atoms with Crippen LogP contribution in [0.4, 0.5) is 4.79 Å². The van der Waals surface area contributed by atoms with Gasteiger partial charge in [0.25, 0.3) is 0 Å². The van der Waals surface area contributed by atoms with Crippen LogP contribution in [0.25, 0.3) is 0 Å². The number of carbonyl (C=O) groups excluding carboxylic acids is 1. The standard InChI is InChI=1S/C15H27N3O3/c1-3-15(4-2)5-6-18(12-15)14(21)17-9-7-16(8-10-17)11-13(19)20/h3-12H2,1-2H3,(H,19,20). The molecule has 0 unspecified atom stereocenters. The molecule has 2 saturated heterocycles. The number of nitrogens with zero attached hydrogens (tertiary/aromatic N) is 3. The molecular weight excluding hydrogens is 270 g/mol. The van der Waals surface area contributed by atoms with Crippen LogP contribution in [0.1, 0.15) is 33.1 Å². The molecule has 0 aliphatic carbocycles. The molecule has 6 heteroatoms. The van der Waals surface area contributed by atoms with E-state index in [4.69, 9.17) is 5.11 Å². The van der Waals surface area contributed by atoms with Gasteiger partial charge in [-0.15, -0.1) is 0 Å². The van der Waals surface area contributed by atoms with Crippen molar-refractivity contribution in [2.24, 2.45) is 5.41 Å². The number of piperazine rings is 1. The molecule has 2 rings (SSSR count). The van der Waals surface area contributed by atoms with Crippen molar-refractivity contribution in [1.29, 1.82) is 0 Å². The Labute approximate surface area is 126 Å². The zero-order valence-electron chi connectivity index (χ0n) is 13.2. The molecular formula is C15H27N3O3. The van der Waals surface area contributed by atoms with Gasteiger partial charge in [-0.1, -0.05) is 13.8 Å². The third kappa shape index (κ3) is 3.67. The fourth-order valence-electron chi connectivity index (χ4n) is 3.41. The van der Waals surface area contributed by atoms with Crippen molar-refractivity contribution < 1.29 is 14.7 Å². The number of rotatable bonds is 4. The first-order chi connectivity index (χ1) is 9.99. The van der Waals surface area contributed by atoms with Gasteiger partial charge in [-0.3, -0.25) is 9.69 Å². The van der Waals surface area contributed by atoms with Crippen molar-refractivity contribution in [2.45, 2.75) is 33.1 Å². The van der Waals surface area contributed by atoms with Gasteiger partial charge in [-0.25, -0.2) is 4.79 Å². The number of aliphatic carboxylic acids is 1. The summed E-state index contributed by atoms with van der Waals surface area (Å²) >= 11 is 0. The minimum Gasteiger partial charge on any atom is -0.480 e. The summed E-state index contributed by atoms with van der Waals surface area (Å²) < 4.78 is 0. The zero-order chi connectivity index (χ0) is 15.5. The van der Waals surface area contributed by atoms with Crippen molar-refractivity contribution >= 4 is 12.0 Å². The first-order valence-electron chi connectivity index (χ1n) is 7.97. The van der Waals surface area contributed by atoms with Crippen molar-refractivity contribution in [2.75, 3.05) is 45.8 Å². The molecule has 0 radical (unpaired) electrons. The van der Waals surface area contributed by atoms with E-state index >= 15 is 0 Å². The highest BCUT2D eigenvalue weighted by Gasteiger charge is 2.38. The van der Waals surface area contributed by atoms with Crippen LogP contribution in [0.3, 0.4) is 0 Å². The van der Waals surface area contributed by atoms with Crippen LogP contribution >= 0.6 is 0 Å². The summed E-state index contributed by atoms with van der Waals surface area (Å²) in [7, 11) is 0. The van der Waals surface area contributed by atoms with E-state index < -0.39 is 5.97 Å². The van der Waals surface area contributed by atoms with E-state index in [2.05, 4.69) is 13.8 Å². The first-order valence-corrected chi connectivity index (χ1v) is 7.97. The van der Waals surface area contributed by atoms with Crippen LogP contribution in [-0.4, -0.2) is 77.6 Å². The van der Waals surface area contributed by atoms with Crippen LogP contribution in [-0.2, 0) is 4.79 Å². The molecule has 0 saturated carbocycles. The van der Waals surface area contributed by atoms with Crippen molar-refractivity contribution in [3.05, 3.63) is 0 Å². The van der Waals surface area contributed by atoms with Gasteiger partial charge in [-0.2, -0.15) is 0 Å². The molecule has 1 N–H and O–H groups in total. The van der Waals surface area contributed by atoms with E-state index in [0.717, 1.165) is 32.4 Å². The molecule has 2 fully saturated rings. The summed E-state index contributed by atoms with van der Waals surface area (Å²) in [4.78, 5) is 29.0. The monoisotopic (exact) mass is 297 g/mol. The van der Waals surface area contributed by atoms with E-state index in [1.165, 1.54) is 0 Å². The molecule has 2 aliphatic rings. The maximum absolute atomic E-state index is 12.6. The topological polar surface area (TPSA) is 64.1 Å². The quantitative estimate of drug-likeness (QED) is 0.850. The second-order valence-corrected chi connectivity index (χ2v) is 6.32. The SMILES string of the molecule is CCC1(CC)CCN(C(=O)N2CCN(CC(=O)O)CC2)C1. The zero-order valence-corrected chi connectivity index (χ0v) is 13.2. The fourth-order valence-corrected chi connectivity index (χ4v) is 3.41. The highest BCUT2D eigenvalue weighted by Crippen LogP contribution is 2.37. The second kappa shape index (κ2) is 6.64. The van der Waals surface area contributed by atoms with E-state index in [-0.39, 0.29) is 12.6 Å². The molecule has 0 spiro atoms. The lowest BCUT2D eigenvalue weighted by Gasteiger charge is -2.36. The Kier molecular flexibility index (Phi) is 5.08. The molecule has 120 valence electrons. The van der Waals surface area contributed by atoms with Crippen molar-refractivity contribution in [3.63, 3.8) is 0 Å². The smallest absolute Gasteiger partial charge is 0.320 e. The maximum Gasteiger partial charge on any atom is 0.320 e. The average Bonchev–Trinajstić information content (AvgIpc) is 2.92. The second-order valence-electron chi connectivity index (χ2n) is 6.32. The number of amides is 2. The first kappa shape index (κ1) is 16.1. The third-order valence-corrected chi connectivity index (χ3v) is 5.21. The molecule has 0 bridgehead atoms. The minimum absolute atomic E-state index is 0.0700. The summed E-state index contributed by atoms with van der Waals surface area (Å²) in [5, 5.41) is 8.79. The Balaban J connectivity index is 1.84. The Morgan fingerprint density at radius 1 is 1.00 bits per heavy atom. The molecule has 0 aromatic rings. The normalized spacial score (nSPS) is 22.6. The van der Waals surface area contributed by atoms with Crippen LogP contribution < -0.4 is 0 Å². The molecule has 0 atom stereocenters. The van der Waals surface area contributed by atoms with E-state index in [1.54, 1.807) is 0 Å². The van der Waals surface area contributed by atoms with Gasteiger partial charge < -0.3 is 14.9 Å². The third-order valence-electron chi connectivity index (χ3n) is 5.21. The Morgan fingerprint density at radius 2 is 1.62 bits per heavy atom. The predicted octanol–water partition coefficient (Wildman–Crippen LogP) is 1.32. The summed E-state index contributed by atoms with van der Waals surface area (Å²) in [6.45, 7) is 8.79. The van der Waals surface area contributed by atoms with Gasteiger partial charge in [-0.05, 0) is 24.7 Å². The molecule has 0 aromatic heterocycles. The highest BCUT2D eigenvalue weighted by atomic mass is 16.4. The van der Waals surface area contributed by atoms with Crippen LogP contribution in [0.5, 0.6) is 0 Å². The molecule has 6 nitrogen and oxygen atoms in total. The van der Waals surface area contributed by atoms with Crippen molar-refractivity contribution in [3.8, 4) is 0 Å². The maximum atomic E-state index is 12.6. The molecule has 21 heavy (non-hydrogen) atoms. The number of likely N-dealkylation sites (tertiary alicyclic amines) is 1. The largest absolute Gasteiger partial charge is 0.480 e. The van der Waals surface area contributed by atoms with Crippen LogP contribution in [0.2, 0.25) is 0 Å². The molecule has 2 amide bonds. The highest BCUT2D eigenvalue weighted by molar-refractivity contribution is 5.75. The van der Waals surface area contributed by atoms with Gasteiger partial charge in [0.15, 0.2) is 0 Å². The lowest BCUT2D eigenvalue weighted by molar-refractivity contribution is -0.138. The predicted molar refractivity (Wildman–Crippen MR) is 80.2 cm³/mol. The Morgan fingerprint density at radius 3 is 2.10 bits per heavy atom. The van der Waals surface area contributed by atoms with E-state index in [0.29, 0.717) is 31.6 Å². The Hall–Kier alpha value is -1.30. The minimum atomic E-state index is -0.801. The summed E-state index contributed by atoms with van der Waals surface area (Å²) in [5.41, 5.74) is 0.306. The number of urea groups is 1.